The molecule has 0 unspecified atom stereocenters. The van der Waals surface area contributed by atoms with Crippen LogP contribution in [0.2, 0.25) is 0 Å². The molecule has 4 nitrogen and oxygen atoms in total. The van der Waals surface area contributed by atoms with E-state index in [9.17, 15) is 4.39 Å². The standard InChI is InChI=1S/C14H18FN3O/c1-9-12(6-7-16)17-14(18(9)2)11-8-10(15)4-5-13(11)19-3/h4-5,8H,6-7,16H2,1-3H3. The van der Waals surface area contributed by atoms with E-state index in [1.54, 1.807) is 13.2 Å². The second kappa shape index (κ2) is 5.40. The summed E-state index contributed by atoms with van der Waals surface area (Å²) >= 11 is 0. The summed E-state index contributed by atoms with van der Waals surface area (Å²) in [5, 5.41) is 0. The van der Waals surface area contributed by atoms with Gasteiger partial charge in [0.2, 0.25) is 0 Å². The number of imidazole rings is 1. The van der Waals surface area contributed by atoms with Crippen molar-refractivity contribution in [2.24, 2.45) is 12.8 Å². The van der Waals surface area contributed by atoms with E-state index in [1.165, 1.54) is 12.1 Å². The maximum absolute atomic E-state index is 13.4. The quantitative estimate of drug-likeness (QED) is 0.918. The zero-order chi connectivity index (χ0) is 14.0. The fraction of sp³-hybridized carbons (Fsp3) is 0.357. The summed E-state index contributed by atoms with van der Waals surface area (Å²) in [5.74, 6) is 0.989. The van der Waals surface area contributed by atoms with E-state index in [0.29, 0.717) is 30.1 Å². The topological polar surface area (TPSA) is 53.1 Å². The zero-order valence-electron chi connectivity index (χ0n) is 11.4. The monoisotopic (exact) mass is 263 g/mol. The van der Waals surface area contributed by atoms with Crippen LogP contribution in [0.5, 0.6) is 5.75 Å². The number of rotatable bonds is 4. The number of hydrogen-bond donors (Lipinski definition) is 1. The van der Waals surface area contributed by atoms with E-state index in [0.717, 1.165) is 11.4 Å². The molecular weight excluding hydrogens is 245 g/mol. The van der Waals surface area contributed by atoms with Gasteiger partial charge in [0.25, 0.3) is 0 Å². The molecule has 0 fully saturated rings. The summed E-state index contributed by atoms with van der Waals surface area (Å²) in [6, 6.07) is 4.42. The second-order valence-electron chi connectivity index (χ2n) is 4.41. The maximum atomic E-state index is 13.4. The van der Waals surface area contributed by atoms with Crippen molar-refractivity contribution in [1.82, 2.24) is 9.55 Å². The number of methoxy groups -OCH3 is 1. The summed E-state index contributed by atoms with van der Waals surface area (Å²) in [5.41, 5.74) is 8.19. The first-order valence-electron chi connectivity index (χ1n) is 6.14. The highest BCUT2D eigenvalue weighted by molar-refractivity contribution is 5.65. The molecule has 5 heteroatoms. The molecule has 2 N–H and O–H groups in total. The predicted octanol–water partition coefficient (Wildman–Crippen LogP) is 2.04. The highest BCUT2D eigenvalue weighted by atomic mass is 19.1. The van der Waals surface area contributed by atoms with Gasteiger partial charge < -0.3 is 15.0 Å². The van der Waals surface area contributed by atoms with Crippen molar-refractivity contribution in [3.8, 4) is 17.1 Å². The van der Waals surface area contributed by atoms with Crippen molar-refractivity contribution in [3.63, 3.8) is 0 Å². The van der Waals surface area contributed by atoms with Gasteiger partial charge >= 0.3 is 0 Å². The first-order chi connectivity index (χ1) is 9.08. The first kappa shape index (κ1) is 13.5. The third-order valence-electron chi connectivity index (χ3n) is 3.26. The third-order valence-corrected chi connectivity index (χ3v) is 3.26. The molecule has 0 aliphatic carbocycles. The smallest absolute Gasteiger partial charge is 0.144 e. The van der Waals surface area contributed by atoms with E-state index in [-0.39, 0.29) is 5.82 Å². The highest BCUT2D eigenvalue weighted by Crippen LogP contribution is 2.30. The lowest BCUT2D eigenvalue weighted by atomic mass is 10.2. The minimum atomic E-state index is -0.308. The molecule has 0 atom stereocenters. The van der Waals surface area contributed by atoms with Gasteiger partial charge in [-0.25, -0.2) is 9.37 Å². The van der Waals surface area contributed by atoms with Crippen LogP contribution in [0.4, 0.5) is 4.39 Å². The Labute approximate surface area is 112 Å². The van der Waals surface area contributed by atoms with Gasteiger partial charge in [-0.2, -0.15) is 0 Å². The molecule has 1 aromatic carbocycles. The number of aromatic nitrogens is 2. The van der Waals surface area contributed by atoms with Crippen LogP contribution < -0.4 is 10.5 Å². The summed E-state index contributed by atoms with van der Waals surface area (Å²) in [7, 11) is 3.47. The largest absolute Gasteiger partial charge is 0.496 e. The van der Waals surface area contributed by atoms with Gasteiger partial charge in [0.1, 0.15) is 17.4 Å². The number of nitrogens with two attached hydrogens (primary N) is 1. The lowest BCUT2D eigenvalue weighted by molar-refractivity contribution is 0.415. The van der Waals surface area contributed by atoms with E-state index < -0.39 is 0 Å². The summed E-state index contributed by atoms with van der Waals surface area (Å²) in [4.78, 5) is 4.56. The number of hydrogen-bond acceptors (Lipinski definition) is 3. The van der Waals surface area contributed by atoms with Gasteiger partial charge in [-0.3, -0.25) is 0 Å². The summed E-state index contributed by atoms with van der Waals surface area (Å²) in [6.45, 7) is 2.52. The van der Waals surface area contributed by atoms with Crippen LogP contribution >= 0.6 is 0 Å². The minimum Gasteiger partial charge on any atom is -0.496 e. The van der Waals surface area contributed by atoms with Crippen molar-refractivity contribution >= 4 is 0 Å². The molecule has 1 heterocycles. The van der Waals surface area contributed by atoms with Crippen molar-refractivity contribution in [1.29, 1.82) is 0 Å². The lowest BCUT2D eigenvalue weighted by Gasteiger charge is -2.08. The first-order valence-corrected chi connectivity index (χ1v) is 6.14. The van der Waals surface area contributed by atoms with Crippen LogP contribution in [0.3, 0.4) is 0 Å². The van der Waals surface area contributed by atoms with Crippen molar-refractivity contribution in [3.05, 3.63) is 35.4 Å². The molecule has 0 aliphatic rings. The molecule has 19 heavy (non-hydrogen) atoms. The maximum Gasteiger partial charge on any atom is 0.144 e. The van der Waals surface area contributed by atoms with Crippen LogP contribution in [0.25, 0.3) is 11.4 Å². The van der Waals surface area contributed by atoms with Gasteiger partial charge in [-0.15, -0.1) is 0 Å². The van der Waals surface area contributed by atoms with E-state index in [2.05, 4.69) is 4.98 Å². The molecule has 0 spiro atoms. The Bertz CT molecular complexity index is 593. The van der Waals surface area contributed by atoms with Crippen LogP contribution in [0, 0.1) is 12.7 Å². The fourth-order valence-corrected chi connectivity index (χ4v) is 2.11. The van der Waals surface area contributed by atoms with Crippen LogP contribution in [0.15, 0.2) is 18.2 Å². The Morgan fingerprint density at radius 1 is 1.42 bits per heavy atom. The van der Waals surface area contributed by atoms with Crippen molar-refractivity contribution < 1.29 is 9.13 Å². The Balaban J connectivity index is 2.58. The Kier molecular flexibility index (Phi) is 3.85. The number of benzene rings is 1. The van der Waals surface area contributed by atoms with Gasteiger partial charge in [-0.1, -0.05) is 0 Å². The molecule has 0 aliphatic heterocycles. The Morgan fingerprint density at radius 2 is 2.16 bits per heavy atom. The molecule has 0 saturated carbocycles. The van der Waals surface area contributed by atoms with Gasteiger partial charge in [0, 0.05) is 19.2 Å². The third kappa shape index (κ3) is 2.46. The van der Waals surface area contributed by atoms with E-state index >= 15 is 0 Å². The second-order valence-corrected chi connectivity index (χ2v) is 4.41. The van der Waals surface area contributed by atoms with Crippen molar-refractivity contribution in [2.45, 2.75) is 13.3 Å². The molecule has 2 rings (SSSR count). The van der Waals surface area contributed by atoms with Crippen LogP contribution in [-0.4, -0.2) is 23.2 Å². The molecule has 0 bridgehead atoms. The fourth-order valence-electron chi connectivity index (χ4n) is 2.11. The van der Waals surface area contributed by atoms with Gasteiger partial charge in [0.15, 0.2) is 0 Å². The van der Waals surface area contributed by atoms with Crippen molar-refractivity contribution in [2.75, 3.05) is 13.7 Å². The number of ether oxygens (including phenoxy) is 1. The van der Waals surface area contributed by atoms with Gasteiger partial charge in [-0.05, 0) is 31.7 Å². The molecule has 1 aromatic heterocycles. The average Bonchev–Trinajstić information content (AvgIpc) is 2.67. The molecule has 102 valence electrons. The van der Waals surface area contributed by atoms with Gasteiger partial charge in [0.05, 0.1) is 18.4 Å². The van der Waals surface area contributed by atoms with E-state index in [1.807, 2.05) is 18.5 Å². The predicted molar refractivity (Wildman–Crippen MR) is 72.6 cm³/mol. The molecular formula is C14H18FN3O. The highest BCUT2D eigenvalue weighted by Gasteiger charge is 2.16. The lowest BCUT2D eigenvalue weighted by Crippen LogP contribution is -2.04. The molecule has 0 saturated heterocycles. The number of nitrogens with zero attached hydrogens (tertiary/aromatic N) is 2. The molecule has 2 aromatic rings. The average molecular weight is 263 g/mol. The Hall–Kier alpha value is -1.88. The minimum absolute atomic E-state index is 0.308. The van der Waals surface area contributed by atoms with Crippen LogP contribution in [0.1, 0.15) is 11.4 Å². The zero-order valence-corrected chi connectivity index (χ0v) is 11.4. The van der Waals surface area contributed by atoms with Crippen LogP contribution in [-0.2, 0) is 13.5 Å². The SMILES string of the molecule is COc1ccc(F)cc1-c1nc(CCN)c(C)n1C. The number of halogens is 1. The molecule has 0 radical (unpaired) electrons. The summed E-state index contributed by atoms with van der Waals surface area (Å²) in [6.07, 6.45) is 0.706. The summed E-state index contributed by atoms with van der Waals surface area (Å²) < 4.78 is 20.7. The molecule has 0 amide bonds. The normalized spacial score (nSPS) is 10.8. The Morgan fingerprint density at radius 3 is 2.79 bits per heavy atom. The van der Waals surface area contributed by atoms with E-state index in [4.69, 9.17) is 10.5 Å².